The molecule has 132 valence electrons. The van der Waals surface area contributed by atoms with Gasteiger partial charge < -0.3 is 14.6 Å². The predicted molar refractivity (Wildman–Crippen MR) is 87.3 cm³/mol. The molecule has 0 saturated heterocycles. The summed E-state index contributed by atoms with van der Waals surface area (Å²) in [6, 6.07) is 9.17. The molecule has 0 saturated carbocycles. The molecule has 1 atom stereocenters. The van der Waals surface area contributed by atoms with Crippen LogP contribution in [0.1, 0.15) is 22.8 Å². The minimum absolute atomic E-state index is 0.202. The van der Waals surface area contributed by atoms with Crippen molar-refractivity contribution in [1.82, 2.24) is 0 Å². The van der Waals surface area contributed by atoms with E-state index >= 15 is 0 Å². The van der Waals surface area contributed by atoms with Gasteiger partial charge in [0.25, 0.3) is 0 Å². The van der Waals surface area contributed by atoms with Crippen molar-refractivity contribution >= 4 is 15.9 Å². The van der Waals surface area contributed by atoms with Gasteiger partial charge in [-0.1, -0.05) is 12.1 Å². The van der Waals surface area contributed by atoms with Crippen LogP contribution in [0.2, 0.25) is 0 Å². The second-order valence-corrected chi connectivity index (χ2v) is 5.90. The molecule has 0 aliphatic rings. The molecular formula is C17H13BrF3NO3. The zero-order valence-corrected chi connectivity index (χ0v) is 14.6. The van der Waals surface area contributed by atoms with Crippen molar-refractivity contribution in [3.63, 3.8) is 0 Å². The average Bonchev–Trinajstić information content (AvgIpc) is 2.59. The van der Waals surface area contributed by atoms with E-state index in [1.54, 1.807) is 0 Å². The van der Waals surface area contributed by atoms with Crippen molar-refractivity contribution in [3.8, 4) is 17.6 Å². The van der Waals surface area contributed by atoms with Crippen LogP contribution in [0, 0.1) is 11.3 Å². The summed E-state index contributed by atoms with van der Waals surface area (Å²) < 4.78 is 48.8. The first kappa shape index (κ1) is 19.1. The second kappa shape index (κ2) is 7.76. The maximum absolute atomic E-state index is 12.6. The van der Waals surface area contributed by atoms with E-state index in [-0.39, 0.29) is 17.9 Å². The molecule has 2 rings (SSSR count). The number of halogens is 4. The Morgan fingerprint density at radius 2 is 1.88 bits per heavy atom. The number of benzene rings is 2. The van der Waals surface area contributed by atoms with Crippen LogP contribution in [0.25, 0.3) is 0 Å². The largest absolute Gasteiger partial charge is 0.493 e. The Morgan fingerprint density at radius 1 is 1.24 bits per heavy atom. The number of rotatable bonds is 5. The second-order valence-electron chi connectivity index (χ2n) is 5.05. The fraction of sp³-hybridized carbons (Fsp3) is 0.235. The van der Waals surface area contributed by atoms with Crippen molar-refractivity contribution in [2.24, 2.45) is 0 Å². The smallest absolute Gasteiger partial charge is 0.416 e. The molecule has 4 nitrogen and oxygen atoms in total. The van der Waals surface area contributed by atoms with Gasteiger partial charge in [-0.2, -0.15) is 18.4 Å². The quantitative estimate of drug-likeness (QED) is 0.782. The highest BCUT2D eigenvalue weighted by Crippen LogP contribution is 2.37. The molecule has 0 spiro atoms. The van der Waals surface area contributed by atoms with E-state index in [9.17, 15) is 18.3 Å². The van der Waals surface area contributed by atoms with Crippen LogP contribution >= 0.6 is 15.9 Å². The lowest BCUT2D eigenvalue weighted by Gasteiger charge is -2.16. The summed E-state index contributed by atoms with van der Waals surface area (Å²) in [4.78, 5) is 0. The summed E-state index contributed by atoms with van der Waals surface area (Å²) in [7, 11) is 1.40. The number of nitrogens with zero attached hydrogens (tertiary/aromatic N) is 1. The Hall–Kier alpha value is -2.24. The van der Waals surface area contributed by atoms with Gasteiger partial charge in [0, 0.05) is 6.07 Å². The first-order chi connectivity index (χ1) is 11.8. The van der Waals surface area contributed by atoms with Gasteiger partial charge >= 0.3 is 6.18 Å². The number of methoxy groups -OCH3 is 1. The van der Waals surface area contributed by atoms with E-state index in [1.807, 2.05) is 6.07 Å². The monoisotopic (exact) mass is 415 g/mol. The third-order valence-electron chi connectivity index (χ3n) is 3.37. The molecule has 0 bridgehead atoms. The molecule has 0 amide bonds. The normalized spacial score (nSPS) is 12.4. The summed E-state index contributed by atoms with van der Waals surface area (Å²) in [6.07, 6.45) is -5.56. The van der Waals surface area contributed by atoms with E-state index in [0.29, 0.717) is 15.8 Å². The Bertz CT molecular complexity index is 785. The lowest BCUT2D eigenvalue weighted by Crippen LogP contribution is -2.11. The van der Waals surface area contributed by atoms with Gasteiger partial charge in [0.1, 0.15) is 12.7 Å². The molecule has 8 heteroatoms. The molecule has 0 fully saturated rings. The molecule has 2 aromatic rings. The number of aliphatic hydroxyl groups is 1. The number of nitriles is 1. The lowest BCUT2D eigenvalue weighted by molar-refractivity contribution is -0.137. The Kier molecular flexibility index (Phi) is 5.93. The topological polar surface area (TPSA) is 62.5 Å². The van der Waals surface area contributed by atoms with Crippen LogP contribution in [-0.4, -0.2) is 18.8 Å². The maximum atomic E-state index is 12.6. The number of hydrogen-bond acceptors (Lipinski definition) is 4. The van der Waals surface area contributed by atoms with Crippen LogP contribution in [0.5, 0.6) is 11.5 Å². The molecule has 0 aliphatic carbocycles. The zero-order valence-electron chi connectivity index (χ0n) is 13.0. The van der Waals surface area contributed by atoms with Gasteiger partial charge in [-0.15, -0.1) is 0 Å². The van der Waals surface area contributed by atoms with Crippen LogP contribution < -0.4 is 9.47 Å². The van der Waals surface area contributed by atoms with Crippen molar-refractivity contribution in [2.45, 2.75) is 12.3 Å². The standard InChI is InChI=1S/C17H13BrF3NO3/c1-24-15-7-10(8-22)6-13(18)16(15)25-9-14(23)11-2-4-12(5-3-11)17(19,20)21/h2-7,14,23H,9H2,1H3/t14-/m0/s1. The zero-order chi connectivity index (χ0) is 18.6. The van der Waals surface area contributed by atoms with Gasteiger partial charge in [-0.05, 0) is 39.7 Å². The summed E-state index contributed by atoms with van der Waals surface area (Å²) >= 11 is 3.25. The van der Waals surface area contributed by atoms with Gasteiger partial charge in [-0.3, -0.25) is 0 Å². The fourth-order valence-corrected chi connectivity index (χ4v) is 2.63. The Labute approximate surface area is 150 Å². The lowest BCUT2D eigenvalue weighted by atomic mass is 10.1. The van der Waals surface area contributed by atoms with Gasteiger partial charge in [0.05, 0.1) is 28.8 Å². The first-order valence-electron chi connectivity index (χ1n) is 7.02. The van der Waals surface area contributed by atoms with Crippen LogP contribution in [0.4, 0.5) is 13.2 Å². The summed E-state index contributed by atoms with van der Waals surface area (Å²) in [6.45, 7) is -0.202. The molecule has 25 heavy (non-hydrogen) atoms. The summed E-state index contributed by atoms with van der Waals surface area (Å²) in [5.74, 6) is 0.581. The highest BCUT2D eigenvalue weighted by molar-refractivity contribution is 9.10. The SMILES string of the molecule is COc1cc(C#N)cc(Br)c1OC[C@H](O)c1ccc(C(F)(F)F)cc1. The highest BCUT2D eigenvalue weighted by atomic mass is 79.9. The first-order valence-corrected chi connectivity index (χ1v) is 7.81. The number of hydrogen-bond donors (Lipinski definition) is 1. The molecular weight excluding hydrogens is 403 g/mol. The maximum Gasteiger partial charge on any atom is 0.416 e. The molecule has 0 radical (unpaired) electrons. The minimum atomic E-state index is -4.43. The van der Waals surface area contributed by atoms with Crippen molar-refractivity contribution in [2.75, 3.05) is 13.7 Å². The number of alkyl halides is 3. The Morgan fingerprint density at radius 3 is 2.40 bits per heavy atom. The predicted octanol–water partition coefficient (Wildman–Crippen LogP) is 4.46. The van der Waals surface area contributed by atoms with Crippen LogP contribution in [0.15, 0.2) is 40.9 Å². The molecule has 1 N–H and O–H groups in total. The molecule has 2 aromatic carbocycles. The number of aliphatic hydroxyl groups excluding tert-OH is 1. The summed E-state index contributed by atoms with van der Waals surface area (Å²) in [5.41, 5.74) is -0.142. The minimum Gasteiger partial charge on any atom is -0.493 e. The van der Waals surface area contributed by atoms with E-state index in [2.05, 4.69) is 15.9 Å². The molecule has 0 unspecified atom stereocenters. The third-order valence-corrected chi connectivity index (χ3v) is 3.96. The molecule has 0 aliphatic heterocycles. The fourth-order valence-electron chi connectivity index (χ4n) is 2.08. The number of ether oxygens (including phenoxy) is 2. The van der Waals surface area contributed by atoms with Crippen LogP contribution in [0.3, 0.4) is 0 Å². The van der Waals surface area contributed by atoms with Gasteiger partial charge in [0.2, 0.25) is 0 Å². The molecule has 0 heterocycles. The van der Waals surface area contributed by atoms with Crippen molar-refractivity contribution < 1.29 is 27.8 Å². The van der Waals surface area contributed by atoms with Crippen LogP contribution in [-0.2, 0) is 6.18 Å². The van der Waals surface area contributed by atoms with E-state index in [1.165, 1.54) is 31.4 Å². The highest BCUT2D eigenvalue weighted by Gasteiger charge is 2.30. The average molecular weight is 416 g/mol. The van der Waals surface area contributed by atoms with E-state index < -0.39 is 17.8 Å². The van der Waals surface area contributed by atoms with Crippen molar-refractivity contribution in [3.05, 3.63) is 57.6 Å². The third kappa shape index (κ3) is 4.65. The van der Waals surface area contributed by atoms with Gasteiger partial charge in [-0.25, -0.2) is 0 Å². The van der Waals surface area contributed by atoms with E-state index in [4.69, 9.17) is 14.7 Å². The van der Waals surface area contributed by atoms with E-state index in [0.717, 1.165) is 12.1 Å². The Balaban J connectivity index is 2.12. The van der Waals surface area contributed by atoms with Crippen molar-refractivity contribution in [1.29, 1.82) is 5.26 Å². The van der Waals surface area contributed by atoms with Gasteiger partial charge in [0.15, 0.2) is 11.5 Å². The molecule has 0 aromatic heterocycles. The summed E-state index contributed by atoms with van der Waals surface area (Å²) in [5, 5.41) is 19.0.